The molecule has 0 aromatic carbocycles. The van der Waals surface area contributed by atoms with Gasteiger partial charge >= 0.3 is 12.0 Å². The Morgan fingerprint density at radius 3 is 2.69 bits per heavy atom. The van der Waals surface area contributed by atoms with Gasteiger partial charge in [0.15, 0.2) is 0 Å². The Hall–Kier alpha value is -1.70. The first kappa shape index (κ1) is 12.4. The predicted molar refractivity (Wildman–Crippen MR) is 58.8 cm³/mol. The van der Waals surface area contributed by atoms with Crippen molar-refractivity contribution < 1.29 is 14.7 Å². The summed E-state index contributed by atoms with van der Waals surface area (Å²) in [6, 6.07) is -1.30. The minimum Gasteiger partial charge on any atom is -0.480 e. The molecule has 2 N–H and O–H groups in total. The van der Waals surface area contributed by atoms with E-state index in [1.807, 2.05) is 0 Å². The molecule has 5 heteroatoms. The van der Waals surface area contributed by atoms with E-state index in [0.717, 1.165) is 12.8 Å². The van der Waals surface area contributed by atoms with Gasteiger partial charge in [-0.1, -0.05) is 5.92 Å². The van der Waals surface area contributed by atoms with Crippen molar-refractivity contribution in [2.75, 3.05) is 13.1 Å². The van der Waals surface area contributed by atoms with E-state index in [1.54, 1.807) is 0 Å². The summed E-state index contributed by atoms with van der Waals surface area (Å²) < 4.78 is 0. The standard InChI is InChI=1S/C11H16N2O3/c1-3-6-13(7-9-4-5-9)11(16)12-8(2)10(14)15/h1,8-9H,4-7H2,2H3,(H,12,16)(H,14,15)/t8-/m0/s1. The van der Waals surface area contributed by atoms with Gasteiger partial charge in [0.05, 0.1) is 6.54 Å². The van der Waals surface area contributed by atoms with Crippen LogP contribution in [-0.2, 0) is 4.79 Å². The van der Waals surface area contributed by atoms with Crippen LogP contribution in [0.3, 0.4) is 0 Å². The molecule has 5 nitrogen and oxygen atoms in total. The lowest BCUT2D eigenvalue weighted by molar-refractivity contribution is -0.138. The van der Waals surface area contributed by atoms with E-state index >= 15 is 0 Å². The van der Waals surface area contributed by atoms with E-state index in [0.29, 0.717) is 12.5 Å². The van der Waals surface area contributed by atoms with Gasteiger partial charge in [0.2, 0.25) is 0 Å². The number of carbonyl (C=O) groups excluding carboxylic acids is 1. The number of nitrogens with one attached hydrogen (secondary N) is 1. The van der Waals surface area contributed by atoms with Crippen LogP contribution in [0, 0.1) is 18.3 Å². The van der Waals surface area contributed by atoms with E-state index in [9.17, 15) is 9.59 Å². The van der Waals surface area contributed by atoms with E-state index in [2.05, 4.69) is 11.2 Å². The molecule has 1 aliphatic carbocycles. The molecule has 0 radical (unpaired) electrons. The lowest BCUT2D eigenvalue weighted by atomic mass is 10.3. The molecule has 0 aromatic rings. The highest BCUT2D eigenvalue weighted by atomic mass is 16.4. The number of urea groups is 1. The maximum Gasteiger partial charge on any atom is 0.325 e. The van der Waals surface area contributed by atoms with Crippen LogP contribution in [0.1, 0.15) is 19.8 Å². The zero-order chi connectivity index (χ0) is 12.1. The van der Waals surface area contributed by atoms with Crippen LogP contribution in [0.15, 0.2) is 0 Å². The van der Waals surface area contributed by atoms with Gasteiger partial charge in [0.1, 0.15) is 6.04 Å². The van der Waals surface area contributed by atoms with Gasteiger partial charge < -0.3 is 15.3 Å². The van der Waals surface area contributed by atoms with Crippen molar-refractivity contribution in [1.82, 2.24) is 10.2 Å². The van der Waals surface area contributed by atoms with Crippen molar-refractivity contribution in [3.8, 4) is 12.3 Å². The molecule has 88 valence electrons. The highest BCUT2D eigenvalue weighted by molar-refractivity contribution is 5.82. The summed E-state index contributed by atoms with van der Waals surface area (Å²) >= 11 is 0. The third-order valence-electron chi connectivity index (χ3n) is 2.46. The molecule has 0 spiro atoms. The fraction of sp³-hybridized carbons (Fsp3) is 0.636. The predicted octanol–water partition coefficient (Wildman–Crippen LogP) is 0.514. The summed E-state index contributed by atoms with van der Waals surface area (Å²) in [6.45, 7) is 2.25. The molecule has 0 heterocycles. The zero-order valence-corrected chi connectivity index (χ0v) is 9.27. The smallest absolute Gasteiger partial charge is 0.325 e. The highest BCUT2D eigenvalue weighted by Gasteiger charge is 2.27. The number of hydrogen-bond acceptors (Lipinski definition) is 2. The Labute approximate surface area is 94.8 Å². The van der Waals surface area contributed by atoms with Crippen molar-refractivity contribution >= 4 is 12.0 Å². The average molecular weight is 224 g/mol. The van der Waals surface area contributed by atoms with Crippen LogP contribution in [0.2, 0.25) is 0 Å². The SMILES string of the molecule is C#CCN(CC1CC1)C(=O)N[C@@H](C)C(=O)O. The summed E-state index contributed by atoms with van der Waals surface area (Å²) in [5.74, 6) is 1.87. The quantitative estimate of drug-likeness (QED) is 0.669. The van der Waals surface area contributed by atoms with E-state index in [-0.39, 0.29) is 6.54 Å². The molecule has 1 aliphatic rings. The van der Waals surface area contributed by atoms with Gasteiger partial charge in [-0.25, -0.2) is 4.79 Å². The van der Waals surface area contributed by atoms with Crippen molar-refractivity contribution in [1.29, 1.82) is 0 Å². The third kappa shape index (κ3) is 3.81. The lowest BCUT2D eigenvalue weighted by Gasteiger charge is -2.21. The number of aliphatic carboxylic acids is 1. The Kier molecular flexibility index (Phi) is 4.18. The second-order valence-electron chi connectivity index (χ2n) is 4.04. The Bertz CT molecular complexity index is 318. The maximum atomic E-state index is 11.7. The van der Waals surface area contributed by atoms with Gasteiger partial charge in [0.25, 0.3) is 0 Å². The largest absolute Gasteiger partial charge is 0.480 e. The van der Waals surface area contributed by atoms with Gasteiger partial charge in [0, 0.05) is 6.54 Å². The molecule has 0 aliphatic heterocycles. The first-order valence-electron chi connectivity index (χ1n) is 5.26. The number of nitrogens with zero attached hydrogens (tertiary/aromatic N) is 1. The van der Waals surface area contributed by atoms with Gasteiger partial charge in [-0.2, -0.15) is 0 Å². The van der Waals surface area contributed by atoms with Crippen LogP contribution >= 0.6 is 0 Å². The summed E-state index contributed by atoms with van der Waals surface area (Å²) in [7, 11) is 0. The first-order valence-corrected chi connectivity index (χ1v) is 5.26. The Balaban J connectivity index is 2.45. The van der Waals surface area contributed by atoms with Gasteiger partial charge in [-0.15, -0.1) is 6.42 Å². The van der Waals surface area contributed by atoms with Crippen LogP contribution in [0.25, 0.3) is 0 Å². The Morgan fingerprint density at radius 1 is 1.62 bits per heavy atom. The van der Waals surface area contributed by atoms with E-state index in [4.69, 9.17) is 11.5 Å². The lowest BCUT2D eigenvalue weighted by Crippen LogP contribution is -2.47. The number of carbonyl (C=O) groups is 2. The minimum absolute atomic E-state index is 0.217. The molecular formula is C11H16N2O3. The van der Waals surface area contributed by atoms with E-state index < -0.39 is 18.0 Å². The molecule has 16 heavy (non-hydrogen) atoms. The third-order valence-corrected chi connectivity index (χ3v) is 2.46. The maximum absolute atomic E-state index is 11.7. The molecular weight excluding hydrogens is 208 g/mol. The molecule has 0 aromatic heterocycles. The zero-order valence-electron chi connectivity index (χ0n) is 9.27. The number of hydrogen-bond donors (Lipinski definition) is 2. The number of terminal acetylenes is 1. The number of amides is 2. The van der Waals surface area contributed by atoms with Gasteiger partial charge in [-0.3, -0.25) is 4.79 Å². The molecule has 1 saturated carbocycles. The molecule has 1 rings (SSSR count). The number of carboxylic acid groups (broad SMARTS) is 1. The Morgan fingerprint density at radius 2 is 2.25 bits per heavy atom. The molecule has 0 saturated heterocycles. The summed E-state index contributed by atoms with van der Waals surface area (Å²) in [6.07, 6.45) is 7.39. The number of rotatable bonds is 5. The fourth-order valence-corrected chi connectivity index (χ4v) is 1.28. The summed E-state index contributed by atoms with van der Waals surface area (Å²) in [5.41, 5.74) is 0. The first-order chi connectivity index (χ1) is 7.54. The number of carboxylic acids is 1. The monoisotopic (exact) mass is 224 g/mol. The van der Waals surface area contributed by atoms with Crippen LogP contribution in [-0.4, -0.2) is 41.1 Å². The van der Waals surface area contributed by atoms with Crippen molar-refractivity contribution in [3.05, 3.63) is 0 Å². The van der Waals surface area contributed by atoms with Gasteiger partial charge in [-0.05, 0) is 25.7 Å². The fourth-order valence-electron chi connectivity index (χ4n) is 1.28. The van der Waals surface area contributed by atoms with Crippen molar-refractivity contribution in [3.63, 3.8) is 0 Å². The average Bonchev–Trinajstić information content (AvgIpc) is 3.00. The molecule has 0 unspecified atom stereocenters. The molecule has 1 fully saturated rings. The normalized spacial score (nSPS) is 16.0. The minimum atomic E-state index is -1.06. The summed E-state index contributed by atoms with van der Waals surface area (Å²) in [5, 5.41) is 11.1. The highest BCUT2D eigenvalue weighted by Crippen LogP contribution is 2.29. The van der Waals surface area contributed by atoms with Crippen LogP contribution < -0.4 is 5.32 Å². The molecule has 1 atom stereocenters. The van der Waals surface area contributed by atoms with E-state index in [1.165, 1.54) is 11.8 Å². The summed E-state index contributed by atoms with van der Waals surface area (Å²) in [4.78, 5) is 23.7. The second kappa shape index (κ2) is 5.40. The van der Waals surface area contributed by atoms with Crippen LogP contribution in [0.4, 0.5) is 4.79 Å². The van der Waals surface area contributed by atoms with Crippen LogP contribution in [0.5, 0.6) is 0 Å². The van der Waals surface area contributed by atoms with Crippen molar-refractivity contribution in [2.24, 2.45) is 5.92 Å². The second-order valence-corrected chi connectivity index (χ2v) is 4.04. The molecule has 2 amide bonds. The molecule has 0 bridgehead atoms. The topological polar surface area (TPSA) is 69.6 Å². The van der Waals surface area contributed by atoms with Crippen molar-refractivity contribution in [2.45, 2.75) is 25.8 Å².